The average Bonchev–Trinajstić information content (AvgIpc) is 2.37. The van der Waals surface area contributed by atoms with Gasteiger partial charge in [-0.2, -0.15) is 0 Å². The molecule has 6 heteroatoms. The molecule has 2 unspecified atom stereocenters. The number of carbonyl (C=O) groups is 1. The Labute approximate surface area is 119 Å². The molecule has 0 aromatic heterocycles. The van der Waals surface area contributed by atoms with Gasteiger partial charge in [0.15, 0.2) is 0 Å². The molecule has 1 saturated heterocycles. The van der Waals surface area contributed by atoms with Crippen LogP contribution in [0, 0.1) is 0 Å². The minimum absolute atomic E-state index is 0.0591. The van der Waals surface area contributed by atoms with Crippen LogP contribution in [0.2, 0.25) is 0 Å². The van der Waals surface area contributed by atoms with Crippen molar-refractivity contribution in [1.82, 2.24) is 15.5 Å². The molecule has 0 aromatic rings. The summed E-state index contributed by atoms with van der Waals surface area (Å²) in [5, 5.41) is 6.33. The van der Waals surface area contributed by atoms with Crippen LogP contribution in [0.1, 0.15) is 27.2 Å². The lowest BCUT2D eigenvalue weighted by Crippen LogP contribution is -2.60. The SMILES string of the molecule is CC(CCS(C)=O)NC(=O)C(C)(C)N1CCNCC1. The minimum atomic E-state index is -0.796. The molecule has 0 aliphatic carbocycles. The van der Waals surface area contributed by atoms with Crippen LogP contribution < -0.4 is 10.6 Å². The number of rotatable bonds is 6. The fraction of sp³-hybridized carbons (Fsp3) is 0.923. The summed E-state index contributed by atoms with van der Waals surface area (Å²) in [6.45, 7) is 9.57. The van der Waals surface area contributed by atoms with E-state index in [-0.39, 0.29) is 11.9 Å². The summed E-state index contributed by atoms with van der Waals surface area (Å²) in [5.74, 6) is 0.693. The molecule has 1 rings (SSSR count). The smallest absolute Gasteiger partial charge is 0.240 e. The van der Waals surface area contributed by atoms with Gasteiger partial charge in [-0.3, -0.25) is 13.9 Å². The van der Waals surface area contributed by atoms with Crippen molar-refractivity contribution in [3.8, 4) is 0 Å². The Kier molecular flexibility index (Phi) is 6.42. The Morgan fingerprint density at radius 3 is 2.53 bits per heavy atom. The quantitative estimate of drug-likeness (QED) is 0.719. The average molecular weight is 289 g/mol. The van der Waals surface area contributed by atoms with Gasteiger partial charge in [-0.25, -0.2) is 0 Å². The summed E-state index contributed by atoms with van der Waals surface area (Å²) in [6, 6.07) is 0.0681. The van der Waals surface area contributed by atoms with E-state index in [1.807, 2.05) is 20.8 Å². The van der Waals surface area contributed by atoms with E-state index in [9.17, 15) is 9.00 Å². The lowest BCUT2D eigenvalue weighted by Gasteiger charge is -2.40. The van der Waals surface area contributed by atoms with Crippen LogP contribution >= 0.6 is 0 Å². The molecule has 2 N–H and O–H groups in total. The number of carbonyl (C=O) groups excluding carboxylic acids is 1. The largest absolute Gasteiger partial charge is 0.352 e. The second-order valence-corrected chi connectivity index (χ2v) is 7.29. The highest BCUT2D eigenvalue weighted by molar-refractivity contribution is 7.84. The normalized spacial score (nSPS) is 20.8. The summed E-state index contributed by atoms with van der Waals surface area (Å²) in [7, 11) is -0.796. The molecule has 1 heterocycles. The lowest BCUT2D eigenvalue weighted by molar-refractivity contribution is -0.132. The summed E-state index contributed by atoms with van der Waals surface area (Å²) in [4.78, 5) is 14.6. The zero-order valence-corrected chi connectivity index (χ0v) is 13.3. The molecular formula is C13H27N3O2S. The Hall–Kier alpha value is -0.460. The number of amides is 1. The van der Waals surface area contributed by atoms with Gasteiger partial charge in [-0.05, 0) is 27.2 Å². The maximum Gasteiger partial charge on any atom is 0.240 e. The van der Waals surface area contributed by atoms with Crippen LogP contribution in [0.5, 0.6) is 0 Å². The van der Waals surface area contributed by atoms with Crippen LogP contribution in [-0.4, -0.2) is 64.8 Å². The van der Waals surface area contributed by atoms with Crippen molar-refractivity contribution < 1.29 is 9.00 Å². The third kappa shape index (κ3) is 5.20. The van der Waals surface area contributed by atoms with E-state index < -0.39 is 16.3 Å². The second kappa shape index (κ2) is 7.36. The molecule has 112 valence electrons. The Balaban J connectivity index is 2.47. The molecule has 1 aliphatic heterocycles. The van der Waals surface area contributed by atoms with Crippen molar-refractivity contribution in [2.45, 2.75) is 38.8 Å². The molecule has 0 spiro atoms. The topological polar surface area (TPSA) is 61.4 Å². The summed E-state index contributed by atoms with van der Waals surface area (Å²) in [5.41, 5.74) is -0.484. The highest BCUT2D eigenvalue weighted by Gasteiger charge is 2.35. The molecule has 0 saturated carbocycles. The van der Waals surface area contributed by atoms with Crippen molar-refractivity contribution in [3.63, 3.8) is 0 Å². The molecule has 0 bridgehead atoms. The van der Waals surface area contributed by atoms with Gasteiger partial charge in [-0.15, -0.1) is 0 Å². The van der Waals surface area contributed by atoms with E-state index in [0.29, 0.717) is 5.75 Å². The zero-order chi connectivity index (χ0) is 14.5. The fourth-order valence-electron chi connectivity index (χ4n) is 2.18. The van der Waals surface area contributed by atoms with Crippen LogP contribution in [0.15, 0.2) is 0 Å². The predicted octanol–water partition coefficient (Wildman–Crippen LogP) is -0.0565. The number of nitrogens with zero attached hydrogens (tertiary/aromatic N) is 1. The standard InChI is InChI=1S/C13H27N3O2S/c1-11(5-10-19(4)18)15-12(17)13(2,3)16-8-6-14-7-9-16/h11,14H,5-10H2,1-4H3,(H,15,17). The third-order valence-electron chi connectivity index (χ3n) is 3.68. The van der Waals surface area contributed by atoms with Gasteiger partial charge in [0.05, 0.1) is 5.54 Å². The van der Waals surface area contributed by atoms with Gasteiger partial charge in [-0.1, -0.05) is 0 Å². The molecular weight excluding hydrogens is 262 g/mol. The van der Waals surface area contributed by atoms with Crippen LogP contribution in [0.3, 0.4) is 0 Å². The predicted molar refractivity (Wildman–Crippen MR) is 79.7 cm³/mol. The number of hydrogen-bond donors (Lipinski definition) is 2. The van der Waals surface area contributed by atoms with E-state index in [1.54, 1.807) is 6.26 Å². The first-order chi connectivity index (χ1) is 8.84. The molecule has 0 aromatic carbocycles. The molecule has 1 amide bonds. The lowest BCUT2D eigenvalue weighted by atomic mass is 10.00. The fourth-order valence-corrected chi connectivity index (χ4v) is 2.87. The zero-order valence-electron chi connectivity index (χ0n) is 12.5. The molecule has 1 fully saturated rings. The first-order valence-corrected chi connectivity index (χ1v) is 8.63. The molecule has 1 aliphatic rings. The summed E-state index contributed by atoms with van der Waals surface area (Å²) < 4.78 is 11.1. The molecule has 19 heavy (non-hydrogen) atoms. The molecule has 5 nitrogen and oxygen atoms in total. The number of piperazine rings is 1. The maximum atomic E-state index is 12.4. The minimum Gasteiger partial charge on any atom is -0.352 e. The Morgan fingerprint density at radius 2 is 2.00 bits per heavy atom. The van der Waals surface area contributed by atoms with Gasteiger partial charge in [0.2, 0.25) is 5.91 Å². The van der Waals surface area contributed by atoms with Crippen molar-refractivity contribution >= 4 is 16.7 Å². The van der Waals surface area contributed by atoms with Crippen molar-refractivity contribution in [2.24, 2.45) is 0 Å². The monoisotopic (exact) mass is 289 g/mol. The van der Waals surface area contributed by atoms with Crippen molar-refractivity contribution in [3.05, 3.63) is 0 Å². The van der Waals surface area contributed by atoms with Gasteiger partial charge >= 0.3 is 0 Å². The first kappa shape index (κ1) is 16.6. The second-order valence-electron chi connectivity index (χ2n) is 5.74. The first-order valence-electron chi connectivity index (χ1n) is 6.91. The highest BCUT2D eigenvalue weighted by Crippen LogP contribution is 2.15. The number of nitrogens with one attached hydrogen (secondary N) is 2. The van der Waals surface area contributed by atoms with Crippen LogP contribution in [0.25, 0.3) is 0 Å². The maximum absolute atomic E-state index is 12.4. The van der Waals surface area contributed by atoms with E-state index in [0.717, 1.165) is 32.6 Å². The van der Waals surface area contributed by atoms with Gasteiger partial charge in [0, 0.05) is 55.0 Å². The van der Waals surface area contributed by atoms with E-state index >= 15 is 0 Å². The van der Waals surface area contributed by atoms with E-state index in [2.05, 4.69) is 15.5 Å². The van der Waals surface area contributed by atoms with Crippen LogP contribution in [0.4, 0.5) is 0 Å². The van der Waals surface area contributed by atoms with Crippen LogP contribution in [-0.2, 0) is 15.6 Å². The van der Waals surface area contributed by atoms with E-state index in [4.69, 9.17) is 0 Å². The molecule has 0 radical (unpaired) electrons. The number of hydrogen-bond acceptors (Lipinski definition) is 4. The van der Waals surface area contributed by atoms with Crippen molar-refractivity contribution in [2.75, 3.05) is 38.2 Å². The summed E-state index contributed by atoms with van der Waals surface area (Å²) in [6.07, 6.45) is 2.45. The van der Waals surface area contributed by atoms with E-state index in [1.165, 1.54) is 0 Å². The summed E-state index contributed by atoms with van der Waals surface area (Å²) >= 11 is 0. The van der Waals surface area contributed by atoms with Gasteiger partial charge < -0.3 is 10.6 Å². The molecule has 2 atom stereocenters. The third-order valence-corrected chi connectivity index (χ3v) is 4.49. The highest BCUT2D eigenvalue weighted by atomic mass is 32.2. The van der Waals surface area contributed by atoms with Gasteiger partial charge in [0.25, 0.3) is 0 Å². The Bertz CT molecular complexity index is 328. The van der Waals surface area contributed by atoms with Crippen molar-refractivity contribution in [1.29, 1.82) is 0 Å². The van der Waals surface area contributed by atoms with Gasteiger partial charge in [0.1, 0.15) is 0 Å². The Morgan fingerprint density at radius 1 is 1.42 bits per heavy atom.